The van der Waals surface area contributed by atoms with Crippen LogP contribution in [0.1, 0.15) is 24.8 Å². The van der Waals surface area contributed by atoms with Crippen molar-refractivity contribution in [1.82, 2.24) is 4.31 Å². The summed E-state index contributed by atoms with van der Waals surface area (Å²) in [5.74, 6) is -0.615. The first kappa shape index (κ1) is 27.4. The van der Waals surface area contributed by atoms with Gasteiger partial charge >= 0.3 is 0 Å². The number of hydrogen-bond donors (Lipinski definition) is 1. The Morgan fingerprint density at radius 3 is 2.36 bits per heavy atom. The van der Waals surface area contributed by atoms with E-state index in [1.807, 2.05) is 0 Å². The van der Waals surface area contributed by atoms with Gasteiger partial charge in [0.15, 0.2) is 0 Å². The number of nitro groups is 1. The van der Waals surface area contributed by atoms with Crippen LogP contribution in [0, 0.1) is 17.0 Å². The summed E-state index contributed by atoms with van der Waals surface area (Å²) >= 11 is 0. The average Bonchev–Trinajstić information content (AvgIpc) is 2.82. The van der Waals surface area contributed by atoms with E-state index in [-0.39, 0.29) is 27.7 Å². The van der Waals surface area contributed by atoms with Crippen molar-refractivity contribution in [3.8, 4) is 5.75 Å². The van der Waals surface area contributed by atoms with Gasteiger partial charge in [-0.25, -0.2) is 16.8 Å². The summed E-state index contributed by atoms with van der Waals surface area (Å²) in [6, 6.07) is 7.76. The van der Waals surface area contributed by atoms with Crippen molar-refractivity contribution in [3.05, 3.63) is 52.1 Å². The largest absolute Gasteiger partial charge is 0.495 e. The van der Waals surface area contributed by atoms with Gasteiger partial charge in [-0.15, -0.1) is 0 Å². The zero-order chi connectivity index (χ0) is 26.7. The maximum atomic E-state index is 13.1. The number of sulfonamides is 2. The Bertz CT molecular complexity index is 1370. The number of aryl methyl sites for hydroxylation is 1. The number of nitrogens with zero attached hydrogens (tertiary/aromatic N) is 3. The first-order valence-electron chi connectivity index (χ1n) is 11.1. The van der Waals surface area contributed by atoms with Gasteiger partial charge in [0, 0.05) is 25.2 Å². The molecule has 0 radical (unpaired) electrons. The van der Waals surface area contributed by atoms with Gasteiger partial charge in [0.25, 0.3) is 5.69 Å². The summed E-state index contributed by atoms with van der Waals surface area (Å²) in [4.78, 5) is 23.4. The third-order valence-electron chi connectivity index (χ3n) is 5.76. The fourth-order valence-electron chi connectivity index (χ4n) is 3.88. The topological polar surface area (TPSA) is 156 Å². The monoisotopic (exact) mass is 540 g/mol. The maximum absolute atomic E-state index is 13.1. The van der Waals surface area contributed by atoms with E-state index in [1.54, 1.807) is 6.92 Å². The molecule has 1 aliphatic heterocycles. The Morgan fingerprint density at radius 2 is 1.78 bits per heavy atom. The zero-order valence-electron chi connectivity index (χ0n) is 20.1. The van der Waals surface area contributed by atoms with E-state index in [9.17, 15) is 31.7 Å². The minimum absolute atomic E-state index is 0.0183. The lowest BCUT2D eigenvalue weighted by atomic mass is 10.2. The number of carbonyl (C=O) groups is 1. The van der Waals surface area contributed by atoms with E-state index in [1.165, 1.54) is 41.7 Å². The fraction of sp³-hybridized carbons (Fsp3) is 0.409. The summed E-state index contributed by atoms with van der Waals surface area (Å²) in [6.07, 6.45) is 3.36. The normalized spacial score (nSPS) is 14.8. The predicted molar refractivity (Wildman–Crippen MR) is 134 cm³/mol. The van der Waals surface area contributed by atoms with Gasteiger partial charge in [-0.1, -0.05) is 12.5 Å². The Kier molecular flexibility index (Phi) is 8.21. The van der Waals surface area contributed by atoms with E-state index in [0.717, 1.165) is 35.9 Å². The third kappa shape index (κ3) is 6.12. The summed E-state index contributed by atoms with van der Waals surface area (Å²) in [6.45, 7) is 1.67. The molecule has 1 saturated heterocycles. The highest BCUT2D eigenvalue weighted by molar-refractivity contribution is 7.92. The second-order valence-electron chi connectivity index (χ2n) is 8.37. The van der Waals surface area contributed by atoms with Crippen LogP contribution in [-0.4, -0.2) is 65.0 Å². The lowest BCUT2D eigenvalue weighted by Crippen LogP contribution is -2.38. The first-order valence-corrected chi connectivity index (χ1v) is 14.3. The number of anilines is 2. The number of non-ortho nitro benzene ring substituents is 1. The lowest BCUT2D eigenvalue weighted by Gasteiger charge is -2.26. The van der Waals surface area contributed by atoms with Crippen molar-refractivity contribution in [2.75, 3.05) is 42.6 Å². The third-order valence-corrected chi connectivity index (χ3v) is 8.78. The van der Waals surface area contributed by atoms with E-state index in [2.05, 4.69) is 5.32 Å². The van der Waals surface area contributed by atoms with Gasteiger partial charge in [0.05, 0.1) is 34.6 Å². The van der Waals surface area contributed by atoms with Crippen LogP contribution < -0.4 is 14.4 Å². The number of methoxy groups -OCH3 is 1. The van der Waals surface area contributed by atoms with Crippen LogP contribution >= 0.6 is 0 Å². The fourth-order valence-corrected chi connectivity index (χ4v) is 6.33. The number of rotatable bonds is 9. The molecular weight excluding hydrogens is 512 g/mol. The number of carbonyl (C=O) groups excluding carboxylic acids is 1. The lowest BCUT2D eigenvalue weighted by molar-refractivity contribution is -0.384. The van der Waals surface area contributed by atoms with E-state index >= 15 is 0 Å². The van der Waals surface area contributed by atoms with Gasteiger partial charge < -0.3 is 10.1 Å². The molecular formula is C22H28N4O8S2. The smallest absolute Gasteiger partial charge is 0.271 e. The minimum Gasteiger partial charge on any atom is -0.495 e. The summed E-state index contributed by atoms with van der Waals surface area (Å²) < 4.78 is 58.5. The molecule has 0 spiro atoms. The van der Waals surface area contributed by atoms with Crippen LogP contribution in [0.2, 0.25) is 0 Å². The van der Waals surface area contributed by atoms with E-state index in [4.69, 9.17) is 4.74 Å². The first-order chi connectivity index (χ1) is 16.8. The Labute approximate surface area is 210 Å². The molecule has 0 aliphatic carbocycles. The molecule has 12 nitrogen and oxygen atoms in total. The van der Waals surface area contributed by atoms with Crippen molar-refractivity contribution in [2.45, 2.75) is 31.1 Å². The molecule has 0 unspecified atom stereocenters. The molecule has 2 aromatic carbocycles. The Hall–Kier alpha value is -3.23. The maximum Gasteiger partial charge on any atom is 0.271 e. The number of benzene rings is 2. The number of ether oxygens (including phenoxy) is 1. The SMILES string of the molecule is COc1ccc(S(=O)(=O)N2CCCCC2)cc1NC(=O)CN(c1cc([N+](=O)[O-])ccc1C)S(C)(=O)=O. The molecule has 2 aromatic rings. The molecule has 36 heavy (non-hydrogen) atoms. The standard InChI is InChI=1S/C22H28N4O8S2/c1-16-7-8-17(26(28)29)13-20(16)25(35(3,30)31)15-22(27)23-19-14-18(9-10-21(19)34-2)36(32,33)24-11-5-4-6-12-24/h7-10,13-14H,4-6,11-12,15H2,1-3H3,(H,23,27). The number of nitro benzene ring substituents is 1. The number of hydrogen-bond acceptors (Lipinski definition) is 8. The number of amides is 1. The van der Waals surface area contributed by atoms with Crippen molar-refractivity contribution in [3.63, 3.8) is 0 Å². The van der Waals surface area contributed by atoms with Crippen LogP contribution in [0.5, 0.6) is 5.75 Å². The molecule has 1 heterocycles. The Morgan fingerprint density at radius 1 is 1.11 bits per heavy atom. The van der Waals surface area contributed by atoms with Crippen LogP contribution in [0.25, 0.3) is 0 Å². The molecule has 0 atom stereocenters. The summed E-state index contributed by atoms with van der Waals surface area (Å²) in [7, 11) is -6.47. The molecule has 1 aliphatic rings. The molecule has 3 rings (SSSR count). The second-order valence-corrected chi connectivity index (χ2v) is 12.2. The molecule has 1 fully saturated rings. The molecule has 0 saturated carbocycles. The van der Waals surface area contributed by atoms with Gasteiger partial charge in [0.2, 0.25) is 26.0 Å². The van der Waals surface area contributed by atoms with Crippen molar-refractivity contribution in [2.24, 2.45) is 0 Å². The molecule has 0 bridgehead atoms. The van der Waals surface area contributed by atoms with Crippen LogP contribution in [0.15, 0.2) is 41.3 Å². The van der Waals surface area contributed by atoms with Crippen LogP contribution in [0.4, 0.5) is 17.1 Å². The van der Waals surface area contributed by atoms with Gasteiger partial charge in [-0.3, -0.25) is 19.2 Å². The molecule has 196 valence electrons. The highest BCUT2D eigenvalue weighted by Gasteiger charge is 2.28. The van der Waals surface area contributed by atoms with Crippen molar-refractivity contribution < 1.29 is 31.3 Å². The Balaban J connectivity index is 1.91. The van der Waals surface area contributed by atoms with Crippen molar-refractivity contribution in [1.29, 1.82) is 0 Å². The molecule has 0 aromatic heterocycles. The van der Waals surface area contributed by atoms with Gasteiger partial charge in [-0.2, -0.15) is 4.31 Å². The average molecular weight is 541 g/mol. The molecule has 14 heteroatoms. The second kappa shape index (κ2) is 10.8. The van der Waals surface area contributed by atoms with Gasteiger partial charge in [0.1, 0.15) is 12.3 Å². The zero-order valence-corrected chi connectivity index (χ0v) is 21.8. The highest BCUT2D eigenvalue weighted by Crippen LogP contribution is 2.31. The van der Waals surface area contributed by atoms with Gasteiger partial charge in [-0.05, 0) is 43.5 Å². The van der Waals surface area contributed by atoms with Crippen LogP contribution in [-0.2, 0) is 24.8 Å². The summed E-state index contributed by atoms with van der Waals surface area (Å²) in [5, 5.41) is 13.7. The van der Waals surface area contributed by atoms with Crippen LogP contribution in [0.3, 0.4) is 0 Å². The minimum atomic E-state index is -4.02. The summed E-state index contributed by atoms with van der Waals surface area (Å²) in [5.41, 5.74) is 0.105. The number of nitrogens with one attached hydrogen (secondary N) is 1. The highest BCUT2D eigenvalue weighted by atomic mass is 32.2. The molecule has 1 N–H and O–H groups in total. The van der Waals surface area contributed by atoms with Crippen molar-refractivity contribution >= 4 is 43.0 Å². The van der Waals surface area contributed by atoms with E-state index < -0.39 is 37.4 Å². The number of piperidine rings is 1. The predicted octanol–water partition coefficient (Wildman–Crippen LogP) is 2.49. The van der Waals surface area contributed by atoms with E-state index in [0.29, 0.717) is 18.7 Å². The molecule has 1 amide bonds. The quantitative estimate of drug-likeness (QED) is 0.376.